The minimum atomic E-state index is -1.02. The first kappa shape index (κ1) is 16.9. The van der Waals surface area contributed by atoms with E-state index < -0.39 is 29.8 Å². The van der Waals surface area contributed by atoms with Crippen LogP contribution in [0.2, 0.25) is 5.02 Å². The number of aliphatic hydroxyl groups excluding tert-OH is 1. The zero-order chi connectivity index (χ0) is 17.0. The number of nitrogens with one attached hydrogen (secondary N) is 1. The second kappa shape index (κ2) is 7.23. The van der Waals surface area contributed by atoms with Crippen LogP contribution in [-0.4, -0.2) is 26.3 Å². The van der Waals surface area contributed by atoms with Gasteiger partial charge < -0.3 is 14.9 Å². The van der Waals surface area contributed by atoms with E-state index in [9.17, 15) is 19.4 Å². The van der Waals surface area contributed by atoms with E-state index in [1.54, 1.807) is 0 Å². The highest BCUT2D eigenvalue weighted by Gasteiger charge is 2.19. The van der Waals surface area contributed by atoms with E-state index in [2.05, 4.69) is 4.98 Å². The third kappa shape index (κ3) is 3.67. The number of halogens is 2. The molecule has 0 radical (unpaired) electrons. The van der Waals surface area contributed by atoms with Crippen molar-refractivity contribution in [1.29, 1.82) is 0 Å². The van der Waals surface area contributed by atoms with Crippen LogP contribution < -0.4 is 10.2 Å². The normalized spacial score (nSPS) is 10.4. The number of aromatic hydroxyl groups is 1. The SMILES string of the molecule is O=C(NO)c1ncc(COc2ccc(F)c(Cl)c2)c(CO)c1O. The molecule has 0 spiro atoms. The molecule has 0 fully saturated rings. The predicted octanol–water partition coefficient (Wildman–Crippen LogP) is 1.77. The number of aromatic nitrogens is 1. The van der Waals surface area contributed by atoms with Gasteiger partial charge in [-0.2, -0.15) is 0 Å². The maximum Gasteiger partial charge on any atom is 0.297 e. The van der Waals surface area contributed by atoms with Crippen LogP contribution in [0.5, 0.6) is 11.5 Å². The lowest BCUT2D eigenvalue weighted by molar-refractivity contribution is 0.0697. The molecule has 23 heavy (non-hydrogen) atoms. The first-order valence-electron chi connectivity index (χ1n) is 6.30. The molecule has 7 nitrogen and oxygen atoms in total. The molecule has 2 aromatic rings. The Hall–Kier alpha value is -2.42. The van der Waals surface area contributed by atoms with Gasteiger partial charge in [0.05, 0.1) is 11.6 Å². The summed E-state index contributed by atoms with van der Waals surface area (Å²) in [6.07, 6.45) is 1.21. The molecular formula is C14H12ClFN2O5. The maximum absolute atomic E-state index is 13.1. The smallest absolute Gasteiger partial charge is 0.297 e. The zero-order valence-electron chi connectivity index (χ0n) is 11.6. The molecule has 0 aliphatic heterocycles. The Morgan fingerprint density at radius 1 is 1.43 bits per heavy atom. The number of aliphatic hydroxyl groups is 1. The lowest BCUT2D eigenvalue weighted by Crippen LogP contribution is -2.21. The van der Waals surface area contributed by atoms with Gasteiger partial charge in [0.25, 0.3) is 5.91 Å². The Balaban J connectivity index is 2.24. The summed E-state index contributed by atoms with van der Waals surface area (Å²) in [7, 11) is 0. The van der Waals surface area contributed by atoms with Crippen molar-refractivity contribution in [3.63, 3.8) is 0 Å². The van der Waals surface area contributed by atoms with Gasteiger partial charge in [-0.3, -0.25) is 10.0 Å². The van der Waals surface area contributed by atoms with E-state index in [1.807, 2.05) is 0 Å². The van der Waals surface area contributed by atoms with E-state index in [0.29, 0.717) is 5.56 Å². The molecular weight excluding hydrogens is 331 g/mol. The molecule has 9 heteroatoms. The molecule has 0 aliphatic rings. The molecule has 2 rings (SSSR count). The van der Waals surface area contributed by atoms with E-state index in [0.717, 1.165) is 6.07 Å². The third-order valence-corrected chi connectivity index (χ3v) is 3.30. The van der Waals surface area contributed by atoms with Gasteiger partial charge >= 0.3 is 0 Å². The van der Waals surface area contributed by atoms with Gasteiger partial charge in [0.15, 0.2) is 11.4 Å². The van der Waals surface area contributed by atoms with Gasteiger partial charge in [0.1, 0.15) is 18.2 Å². The number of nitrogens with zero attached hydrogens (tertiary/aromatic N) is 1. The van der Waals surface area contributed by atoms with Crippen molar-refractivity contribution in [2.24, 2.45) is 0 Å². The van der Waals surface area contributed by atoms with Crippen LogP contribution in [0.3, 0.4) is 0 Å². The van der Waals surface area contributed by atoms with Crippen LogP contribution in [0.15, 0.2) is 24.4 Å². The third-order valence-electron chi connectivity index (χ3n) is 3.01. The number of ether oxygens (including phenoxy) is 1. The number of carbonyl (C=O) groups is 1. The first-order valence-corrected chi connectivity index (χ1v) is 6.68. The minimum absolute atomic E-state index is 0.0202. The minimum Gasteiger partial charge on any atom is -0.505 e. The number of hydrogen-bond acceptors (Lipinski definition) is 6. The number of hydrogen-bond donors (Lipinski definition) is 4. The van der Waals surface area contributed by atoms with Crippen molar-refractivity contribution in [1.82, 2.24) is 10.5 Å². The Bertz CT molecular complexity index is 741. The second-order valence-electron chi connectivity index (χ2n) is 4.42. The first-order chi connectivity index (χ1) is 11.0. The fourth-order valence-electron chi connectivity index (χ4n) is 1.82. The fourth-order valence-corrected chi connectivity index (χ4v) is 1.99. The standard InChI is InChI=1S/C14H12ClFN2O5/c15-10-3-8(1-2-11(10)16)23-6-7-4-17-12(14(21)18-22)13(20)9(7)5-19/h1-4,19-20,22H,5-6H2,(H,18,21). The molecule has 0 saturated carbocycles. The monoisotopic (exact) mass is 342 g/mol. The van der Waals surface area contributed by atoms with Crippen LogP contribution in [0.25, 0.3) is 0 Å². The molecule has 0 saturated heterocycles. The number of rotatable bonds is 5. The highest BCUT2D eigenvalue weighted by Crippen LogP contribution is 2.26. The topological polar surface area (TPSA) is 112 Å². The second-order valence-corrected chi connectivity index (χ2v) is 4.83. The summed E-state index contributed by atoms with van der Waals surface area (Å²) in [5.41, 5.74) is 1.22. The molecule has 1 aromatic heterocycles. The van der Waals surface area contributed by atoms with Crippen LogP contribution in [0, 0.1) is 5.82 Å². The molecule has 0 atom stereocenters. The molecule has 122 valence electrons. The summed E-state index contributed by atoms with van der Waals surface area (Å²) in [6, 6.07) is 3.77. The maximum atomic E-state index is 13.1. The van der Waals surface area contributed by atoms with Crippen molar-refractivity contribution in [3.05, 3.63) is 52.1 Å². The van der Waals surface area contributed by atoms with E-state index >= 15 is 0 Å². The number of carbonyl (C=O) groups excluding carboxylic acids is 1. The quantitative estimate of drug-likeness (QED) is 0.486. The highest BCUT2D eigenvalue weighted by atomic mass is 35.5. The van der Waals surface area contributed by atoms with Crippen molar-refractivity contribution < 1.29 is 29.3 Å². The summed E-state index contributed by atoms with van der Waals surface area (Å²) in [5, 5.41) is 27.7. The van der Waals surface area contributed by atoms with Gasteiger partial charge in [0.2, 0.25) is 0 Å². The zero-order valence-corrected chi connectivity index (χ0v) is 12.3. The summed E-state index contributed by atoms with van der Waals surface area (Å²) >= 11 is 5.64. The number of hydroxylamine groups is 1. The fraction of sp³-hybridized carbons (Fsp3) is 0.143. The molecule has 4 N–H and O–H groups in total. The van der Waals surface area contributed by atoms with Crippen molar-refractivity contribution >= 4 is 17.5 Å². The lowest BCUT2D eigenvalue weighted by atomic mass is 10.1. The van der Waals surface area contributed by atoms with Crippen molar-refractivity contribution in [3.8, 4) is 11.5 Å². The summed E-state index contributed by atoms with van der Waals surface area (Å²) in [4.78, 5) is 15.0. The Morgan fingerprint density at radius 2 is 2.17 bits per heavy atom. The van der Waals surface area contributed by atoms with Crippen LogP contribution >= 0.6 is 11.6 Å². The molecule has 0 unspecified atom stereocenters. The van der Waals surface area contributed by atoms with Gasteiger partial charge in [-0.05, 0) is 12.1 Å². The largest absolute Gasteiger partial charge is 0.505 e. The van der Waals surface area contributed by atoms with E-state index in [-0.39, 0.29) is 22.9 Å². The van der Waals surface area contributed by atoms with E-state index in [1.165, 1.54) is 23.8 Å². The number of pyridine rings is 1. The average molecular weight is 343 g/mol. The summed E-state index contributed by atoms with van der Waals surface area (Å²) in [5.74, 6) is -1.90. The molecule has 1 aromatic carbocycles. The van der Waals surface area contributed by atoms with Crippen molar-refractivity contribution in [2.45, 2.75) is 13.2 Å². The van der Waals surface area contributed by atoms with Gasteiger partial charge in [0, 0.05) is 23.4 Å². The molecule has 0 bridgehead atoms. The van der Waals surface area contributed by atoms with Crippen molar-refractivity contribution in [2.75, 3.05) is 0 Å². The van der Waals surface area contributed by atoms with Gasteiger partial charge in [-0.25, -0.2) is 14.9 Å². The Labute approximate surface area is 134 Å². The average Bonchev–Trinajstić information content (AvgIpc) is 2.55. The van der Waals surface area contributed by atoms with Crippen LogP contribution in [0.1, 0.15) is 21.6 Å². The van der Waals surface area contributed by atoms with Gasteiger partial charge in [-0.1, -0.05) is 11.6 Å². The van der Waals surface area contributed by atoms with Gasteiger partial charge in [-0.15, -0.1) is 0 Å². The Kier molecular flexibility index (Phi) is 5.32. The Morgan fingerprint density at radius 3 is 2.78 bits per heavy atom. The lowest BCUT2D eigenvalue weighted by Gasteiger charge is -2.13. The number of benzene rings is 1. The molecule has 1 heterocycles. The predicted molar refractivity (Wildman–Crippen MR) is 76.8 cm³/mol. The summed E-state index contributed by atoms with van der Waals surface area (Å²) in [6.45, 7) is -0.692. The molecule has 1 amide bonds. The number of amides is 1. The van der Waals surface area contributed by atoms with E-state index in [4.69, 9.17) is 21.5 Å². The molecule has 0 aliphatic carbocycles. The van der Waals surface area contributed by atoms with Crippen LogP contribution in [0.4, 0.5) is 4.39 Å². The van der Waals surface area contributed by atoms with Crippen LogP contribution in [-0.2, 0) is 13.2 Å². The highest BCUT2D eigenvalue weighted by molar-refractivity contribution is 6.30. The summed E-state index contributed by atoms with van der Waals surface area (Å²) < 4.78 is 18.5.